The Morgan fingerprint density at radius 3 is 2.60 bits per heavy atom. The number of para-hydroxylation sites is 1. The molecule has 1 aromatic carbocycles. The lowest BCUT2D eigenvalue weighted by Gasteiger charge is -2.26. The van der Waals surface area contributed by atoms with Crippen molar-refractivity contribution in [2.45, 2.75) is 19.3 Å². The van der Waals surface area contributed by atoms with Crippen LogP contribution in [0.1, 0.15) is 29.6 Å². The van der Waals surface area contributed by atoms with E-state index < -0.39 is 0 Å². The van der Waals surface area contributed by atoms with Crippen LogP contribution in [0.25, 0.3) is 0 Å². The van der Waals surface area contributed by atoms with Crippen LogP contribution in [0, 0.1) is 0 Å². The number of amides is 1. The zero-order valence-electron chi connectivity index (χ0n) is 13.9. The highest BCUT2D eigenvalue weighted by Gasteiger charge is 2.21. The number of ether oxygens (including phenoxy) is 2. The van der Waals surface area contributed by atoms with E-state index in [1.165, 1.54) is 19.3 Å². The van der Waals surface area contributed by atoms with E-state index in [2.05, 4.69) is 20.2 Å². The van der Waals surface area contributed by atoms with Gasteiger partial charge in [0.2, 0.25) is 5.95 Å². The molecule has 3 heterocycles. The van der Waals surface area contributed by atoms with Gasteiger partial charge in [0.25, 0.3) is 5.91 Å². The summed E-state index contributed by atoms with van der Waals surface area (Å²) in [6.45, 7) is 2.90. The predicted molar refractivity (Wildman–Crippen MR) is 93.5 cm³/mol. The summed E-state index contributed by atoms with van der Waals surface area (Å²) in [5.41, 5.74) is 0.998. The molecule has 7 nitrogen and oxygen atoms in total. The second-order valence-corrected chi connectivity index (χ2v) is 6.10. The molecule has 0 atom stereocenters. The van der Waals surface area contributed by atoms with Gasteiger partial charge in [0.1, 0.15) is 13.2 Å². The summed E-state index contributed by atoms with van der Waals surface area (Å²) >= 11 is 0. The number of carbonyl (C=O) groups is 1. The van der Waals surface area contributed by atoms with Gasteiger partial charge < -0.3 is 19.7 Å². The smallest absolute Gasteiger partial charge is 0.259 e. The van der Waals surface area contributed by atoms with E-state index in [0.717, 1.165) is 13.1 Å². The van der Waals surface area contributed by atoms with Gasteiger partial charge in [-0.25, -0.2) is 9.97 Å². The molecule has 2 aliphatic rings. The molecule has 1 aromatic heterocycles. The lowest BCUT2D eigenvalue weighted by molar-refractivity contribution is 0.101. The summed E-state index contributed by atoms with van der Waals surface area (Å²) in [5.74, 6) is 1.52. The third-order valence-corrected chi connectivity index (χ3v) is 4.35. The molecule has 1 fully saturated rings. The fraction of sp³-hybridized carbons (Fsp3) is 0.389. The molecule has 2 aliphatic heterocycles. The number of carbonyl (C=O) groups excluding carboxylic acids is 1. The first-order valence-corrected chi connectivity index (χ1v) is 8.58. The average Bonchev–Trinajstić information content (AvgIpc) is 2.69. The van der Waals surface area contributed by atoms with Crippen LogP contribution in [0.5, 0.6) is 11.5 Å². The standard InChI is InChI=1S/C18H20N4O3/c23-17(14-5-4-6-15-16(14)25-10-9-24-15)21-13-11-19-18(20-12-13)22-7-2-1-3-8-22/h4-6,11-12H,1-3,7-10H2,(H,21,23). The van der Waals surface area contributed by atoms with Crippen molar-refractivity contribution in [1.82, 2.24) is 9.97 Å². The Kier molecular flexibility index (Phi) is 4.37. The maximum absolute atomic E-state index is 12.6. The molecule has 2 aromatic rings. The van der Waals surface area contributed by atoms with E-state index in [9.17, 15) is 4.79 Å². The van der Waals surface area contributed by atoms with Gasteiger partial charge in [0.15, 0.2) is 11.5 Å². The zero-order valence-corrected chi connectivity index (χ0v) is 13.9. The first-order valence-electron chi connectivity index (χ1n) is 8.58. The number of rotatable bonds is 3. The van der Waals surface area contributed by atoms with Crippen LogP contribution in [0.15, 0.2) is 30.6 Å². The van der Waals surface area contributed by atoms with Gasteiger partial charge in [-0.2, -0.15) is 0 Å². The largest absolute Gasteiger partial charge is 0.486 e. The molecule has 4 rings (SSSR count). The van der Waals surface area contributed by atoms with Crippen LogP contribution < -0.4 is 19.7 Å². The Morgan fingerprint density at radius 2 is 1.80 bits per heavy atom. The fourth-order valence-electron chi connectivity index (χ4n) is 3.09. The minimum Gasteiger partial charge on any atom is -0.486 e. The van der Waals surface area contributed by atoms with Crippen LogP contribution in [-0.2, 0) is 0 Å². The number of nitrogens with one attached hydrogen (secondary N) is 1. The Labute approximate surface area is 146 Å². The number of nitrogens with zero attached hydrogens (tertiary/aromatic N) is 3. The molecule has 1 N–H and O–H groups in total. The van der Waals surface area contributed by atoms with Crippen LogP contribution >= 0.6 is 0 Å². The Balaban J connectivity index is 1.48. The lowest BCUT2D eigenvalue weighted by Crippen LogP contribution is -2.30. The van der Waals surface area contributed by atoms with E-state index in [4.69, 9.17) is 9.47 Å². The Bertz CT molecular complexity index is 757. The predicted octanol–water partition coefficient (Wildman–Crippen LogP) is 2.49. The Hall–Kier alpha value is -2.83. The molecule has 7 heteroatoms. The summed E-state index contributed by atoms with van der Waals surface area (Å²) in [5, 5.41) is 2.82. The van der Waals surface area contributed by atoms with Gasteiger partial charge in [-0.1, -0.05) is 6.07 Å². The number of hydrogen-bond donors (Lipinski definition) is 1. The molecule has 25 heavy (non-hydrogen) atoms. The van der Waals surface area contributed by atoms with Crippen molar-refractivity contribution in [3.63, 3.8) is 0 Å². The SMILES string of the molecule is O=C(Nc1cnc(N2CCCCC2)nc1)c1cccc2c1OCCO2. The molecular formula is C18H20N4O3. The first-order chi connectivity index (χ1) is 12.3. The zero-order chi connectivity index (χ0) is 17.1. The first kappa shape index (κ1) is 15.7. The van der Waals surface area contributed by atoms with Crippen LogP contribution in [0.3, 0.4) is 0 Å². The van der Waals surface area contributed by atoms with Gasteiger partial charge in [0.05, 0.1) is 23.6 Å². The molecule has 1 amide bonds. The number of benzene rings is 1. The maximum atomic E-state index is 12.6. The van der Waals surface area contributed by atoms with E-state index in [-0.39, 0.29) is 5.91 Å². The van der Waals surface area contributed by atoms with Crippen LogP contribution in [-0.4, -0.2) is 42.2 Å². The van der Waals surface area contributed by atoms with Crippen molar-refractivity contribution in [2.75, 3.05) is 36.5 Å². The summed E-state index contributed by atoms with van der Waals surface area (Å²) in [7, 11) is 0. The van der Waals surface area contributed by atoms with Gasteiger partial charge in [-0.05, 0) is 31.4 Å². The molecule has 0 bridgehead atoms. The summed E-state index contributed by atoms with van der Waals surface area (Å²) in [6.07, 6.45) is 6.88. The third kappa shape index (κ3) is 3.35. The highest BCUT2D eigenvalue weighted by atomic mass is 16.6. The van der Waals surface area contributed by atoms with Crippen molar-refractivity contribution in [3.05, 3.63) is 36.2 Å². The van der Waals surface area contributed by atoms with E-state index >= 15 is 0 Å². The number of piperidine rings is 1. The van der Waals surface area contributed by atoms with Crippen molar-refractivity contribution < 1.29 is 14.3 Å². The van der Waals surface area contributed by atoms with Gasteiger partial charge >= 0.3 is 0 Å². The monoisotopic (exact) mass is 340 g/mol. The van der Waals surface area contributed by atoms with E-state index in [0.29, 0.717) is 41.9 Å². The van der Waals surface area contributed by atoms with Crippen LogP contribution in [0.2, 0.25) is 0 Å². The van der Waals surface area contributed by atoms with E-state index in [1.807, 2.05) is 0 Å². The third-order valence-electron chi connectivity index (χ3n) is 4.35. The normalized spacial score (nSPS) is 16.4. The molecule has 0 spiro atoms. The van der Waals surface area contributed by atoms with Gasteiger partial charge in [-0.3, -0.25) is 4.79 Å². The maximum Gasteiger partial charge on any atom is 0.259 e. The summed E-state index contributed by atoms with van der Waals surface area (Å²) in [4.78, 5) is 23.5. The molecule has 0 aliphatic carbocycles. The van der Waals surface area contributed by atoms with Gasteiger partial charge in [-0.15, -0.1) is 0 Å². The number of aromatic nitrogens is 2. The minimum atomic E-state index is -0.267. The highest BCUT2D eigenvalue weighted by Crippen LogP contribution is 2.33. The minimum absolute atomic E-state index is 0.267. The number of anilines is 2. The van der Waals surface area contributed by atoms with Gasteiger partial charge in [0, 0.05) is 13.1 Å². The molecule has 0 radical (unpaired) electrons. The Morgan fingerprint density at radius 1 is 1.04 bits per heavy atom. The molecule has 0 saturated carbocycles. The number of fused-ring (bicyclic) bond motifs is 1. The summed E-state index contributed by atoms with van der Waals surface area (Å²) in [6, 6.07) is 5.28. The molecule has 130 valence electrons. The van der Waals surface area contributed by atoms with Crippen molar-refractivity contribution >= 4 is 17.5 Å². The average molecular weight is 340 g/mol. The second kappa shape index (κ2) is 6.96. The summed E-state index contributed by atoms with van der Waals surface area (Å²) < 4.78 is 11.1. The topological polar surface area (TPSA) is 76.6 Å². The quantitative estimate of drug-likeness (QED) is 0.925. The lowest BCUT2D eigenvalue weighted by atomic mass is 10.1. The second-order valence-electron chi connectivity index (χ2n) is 6.10. The van der Waals surface area contributed by atoms with Crippen molar-refractivity contribution in [3.8, 4) is 11.5 Å². The number of hydrogen-bond acceptors (Lipinski definition) is 6. The van der Waals surface area contributed by atoms with Crippen molar-refractivity contribution in [2.24, 2.45) is 0 Å². The molecule has 0 unspecified atom stereocenters. The van der Waals surface area contributed by atoms with Crippen LogP contribution in [0.4, 0.5) is 11.6 Å². The highest BCUT2D eigenvalue weighted by molar-refractivity contribution is 6.06. The van der Waals surface area contributed by atoms with E-state index in [1.54, 1.807) is 30.6 Å². The fourth-order valence-corrected chi connectivity index (χ4v) is 3.09. The molecule has 1 saturated heterocycles. The van der Waals surface area contributed by atoms with Crippen molar-refractivity contribution in [1.29, 1.82) is 0 Å². The molecular weight excluding hydrogens is 320 g/mol.